The van der Waals surface area contributed by atoms with Crippen LogP contribution in [-0.2, 0) is 6.54 Å². The quantitative estimate of drug-likeness (QED) is 0.315. The van der Waals surface area contributed by atoms with E-state index < -0.39 is 5.97 Å². The fraction of sp³-hybridized carbons (Fsp3) is 0.0417. The minimum Gasteiger partial charge on any atom is -0.421 e. The number of ether oxygens (including phenoxy) is 1. The lowest BCUT2D eigenvalue weighted by Gasteiger charge is -2.26. The Labute approximate surface area is 184 Å². The molecule has 0 aliphatic heterocycles. The van der Waals surface area contributed by atoms with Crippen LogP contribution >= 0.6 is 11.6 Å². The van der Waals surface area contributed by atoms with Gasteiger partial charge in [0.25, 0.3) is 0 Å². The molecule has 6 nitrogen and oxygen atoms in total. The Morgan fingerprint density at radius 2 is 1.87 bits per heavy atom. The van der Waals surface area contributed by atoms with Gasteiger partial charge in [-0.25, -0.2) is 14.5 Å². The summed E-state index contributed by atoms with van der Waals surface area (Å²) in [5.74, 6) is -0.184. The molecule has 7 heteroatoms. The number of anilines is 1. The summed E-state index contributed by atoms with van der Waals surface area (Å²) in [6.07, 6.45) is 5.19. The zero-order chi connectivity index (χ0) is 21.6. The fourth-order valence-electron chi connectivity index (χ4n) is 3.04. The number of halogens is 1. The monoisotopic (exact) mass is 428 g/mol. The van der Waals surface area contributed by atoms with E-state index in [1.807, 2.05) is 40.1 Å². The van der Waals surface area contributed by atoms with E-state index in [0.717, 1.165) is 11.3 Å². The van der Waals surface area contributed by atoms with Crippen LogP contribution in [0.5, 0.6) is 5.75 Å². The van der Waals surface area contributed by atoms with Crippen LogP contribution < -0.4 is 9.75 Å². The molecule has 4 aromatic rings. The number of hydrogen-bond donors (Lipinski definition) is 0. The van der Waals surface area contributed by atoms with E-state index in [1.165, 1.54) is 0 Å². The molecule has 0 N–H and O–H groups in total. The molecule has 0 fully saturated rings. The van der Waals surface area contributed by atoms with Crippen molar-refractivity contribution in [3.05, 3.63) is 113 Å². The number of imidazole rings is 1. The maximum absolute atomic E-state index is 12.4. The van der Waals surface area contributed by atoms with Crippen molar-refractivity contribution >= 4 is 23.3 Å². The highest BCUT2D eigenvalue weighted by Gasteiger charge is 2.14. The van der Waals surface area contributed by atoms with Gasteiger partial charge in [-0.2, -0.15) is 5.26 Å². The number of rotatable bonds is 6. The number of hydrogen-bond acceptors (Lipinski definition) is 5. The molecule has 0 saturated heterocycles. The second-order valence-electron chi connectivity index (χ2n) is 6.68. The molecule has 3 aromatic carbocycles. The van der Waals surface area contributed by atoms with Gasteiger partial charge in [-0.15, -0.1) is 0 Å². The maximum Gasteiger partial charge on any atom is 0.343 e. The number of benzene rings is 3. The summed E-state index contributed by atoms with van der Waals surface area (Å²) in [6, 6.07) is 23.4. The van der Waals surface area contributed by atoms with Crippen LogP contribution in [-0.4, -0.2) is 15.6 Å². The smallest absolute Gasteiger partial charge is 0.343 e. The molecule has 1 heterocycles. The van der Waals surface area contributed by atoms with Gasteiger partial charge in [0.05, 0.1) is 34.5 Å². The minimum atomic E-state index is -0.474. The van der Waals surface area contributed by atoms with Crippen molar-refractivity contribution in [2.24, 2.45) is 0 Å². The largest absolute Gasteiger partial charge is 0.421 e. The lowest BCUT2D eigenvalue weighted by Crippen LogP contribution is -2.27. The second kappa shape index (κ2) is 9.16. The van der Waals surface area contributed by atoms with Gasteiger partial charge < -0.3 is 4.74 Å². The molecule has 0 aliphatic rings. The van der Waals surface area contributed by atoms with Crippen molar-refractivity contribution in [1.29, 1.82) is 5.26 Å². The standard InChI is InChI=1S/C24H17ClN4O2/c25-22-11-8-19(14-23(22)31-24(30)20-4-2-1-3-5-20)16-29(28-13-12-27-17-28)21-9-6-18(15-26)7-10-21/h1-14,17H,16H2. The van der Waals surface area contributed by atoms with E-state index in [0.29, 0.717) is 28.4 Å². The molecule has 0 spiro atoms. The van der Waals surface area contributed by atoms with E-state index in [1.54, 1.807) is 61.1 Å². The molecule has 0 unspecified atom stereocenters. The van der Waals surface area contributed by atoms with Gasteiger partial charge in [-0.1, -0.05) is 35.9 Å². The highest BCUT2D eigenvalue weighted by molar-refractivity contribution is 6.32. The average Bonchev–Trinajstić information content (AvgIpc) is 3.35. The Morgan fingerprint density at radius 3 is 2.55 bits per heavy atom. The summed E-state index contributed by atoms with van der Waals surface area (Å²) in [6.45, 7) is 0.454. The van der Waals surface area contributed by atoms with E-state index in [-0.39, 0.29) is 0 Å². The predicted octanol–water partition coefficient (Wildman–Crippen LogP) is 5.10. The number of carbonyl (C=O) groups is 1. The van der Waals surface area contributed by atoms with Crippen molar-refractivity contribution in [3.63, 3.8) is 0 Å². The zero-order valence-corrected chi connectivity index (χ0v) is 17.1. The topological polar surface area (TPSA) is 71.2 Å². The average molecular weight is 429 g/mol. The summed E-state index contributed by atoms with van der Waals surface area (Å²) < 4.78 is 7.37. The first-order valence-electron chi connectivity index (χ1n) is 9.45. The summed E-state index contributed by atoms with van der Waals surface area (Å²) >= 11 is 6.28. The van der Waals surface area contributed by atoms with Gasteiger partial charge in [-0.05, 0) is 54.1 Å². The molecule has 0 atom stereocenters. The van der Waals surface area contributed by atoms with Gasteiger partial charge in [0.2, 0.25) is 0 Å². The Kier molecular flexibility index (Phi) is 5.97. The number of nitriles is 1. The number of carbonyl (C=O) groups excluding carboxylic acids is 1. The summed E-state index contributed by atoms with van der Waals surface area (Å²) in [5, 5.41) is 11.4. The van der Waals surface area contributed by atoms with E-state index in [9.17, 15) is 4.79 Å². The summed E-state index contributed by atoms with van der Waals surface area (Å²) in [5.41, 5.74) is 2.77. The normalized spacial score (nSPS) is 10.3. The molecule has 0 saturated carbocycles. The second-order valence-corrected chi connectivity index (χ2v) is 7.09. The van der Waals surface area contributed by atoms with Crippen LogP contribution in [0.25, 0.3) is 0 Å². The Balaban J connectivity index is 1.61. The molecule has 1 aromatic heterocycles. The third kappa shape index (κ3) is 4.74. The molecule has 0 bridgehead atoms. The fourth-order valence-corrected chi connectivity index (χ4v) is 3.20. The van der Waals surface area contributed by atoms with Crippen LogP contribution in [0.15, 0.2) is 91.5 Å². The van der Waals surface area contributed by atoms with Crippen molar-refractivity contribution < 1.29 is 9.53 Å². The third-order valence-corrected chi connectivity index (χ3v) is 4.92. The zero-order valence-electron chi connectivity index (χ0n) is 16.4. The summed E-state index contributed by atoms with van der Waals surface area (Å²) in [4.78, 5) is 16.6. The first kappa shape index (κ1) is 20.2. The van der Waals surface area contributed by atoms with Crippen molar-refractivity contribution in [2.45, 2.75) is 6.54 Å². The molecule has 31 heavy (non-hydrogen) atoms. The maximum atomic E-state index is 12.4. The van der Waals surface area contributed by atoms with Crippen LogP contribution in [0.1, 0.15) is 21.5 Å². The van der Waals surface area contributed by atoms with E-state index in [2.05, 4.69) is 11.1 Å². The number of aromatic nitrogens is 2. The minimum absolute atomic E-state index is 0.290. The molecule has 0 amide bonds. The van der Waals surface area contributed by atoms with Crippen LogP contribution in [0.2, 0.25) is 5.02 Å². The highest BCUT2D eigenvalue weighted by Crippen LogP contribution is 2.28. The van der Waals surface area contributed by atoms with Crippen molar-refractivity contribution in [1.82, 2.24) is 9.66 Å². The first-order valence-corrected chi connectivity index (χ1v) is 9.83. The third-order valence-electron chi connectivity index (χ3n) is 4.60. The predicted molar refractivity (Wildman–Crippen MR) is 118 cm³/mol. The van der Waals surface area contributed by atoms with Crippen LogP contribution in [0, 0.1) is 11.3 Å². The SMILES string of the molecule is N#Cc1ccc(N(Cc2ccc(Cl)c(OC(=O)c3ccccc3)c2)n2ccnc2)cc1. The molecule has 0 aliphatic carbocycles. The van der Waals surface area contributed by atoms with Gasteiger partial charge >= 0.3 is 5.97 Å². The summed E-state index contributed by atoms with van der Waals surface area (Å²) in [7, 11) is 0. The van der Waals surface area contributed by atoms with Crippen molar-refractivity contribution in [3.8, 4) is 11.8 Å². The van der Waals surface area contributed by atoms with Gasteiger partial charge in [0, 0.05) is 12.4 Å². The number of nitrogens with zero attached hydrogens (tertiary/aromatic N) is 4. The molecule has 0 radical (unpaired) electrons. The number of esters is 1. The lowest BCUT2D eigenvalue weighted by atomic mass is 10.1. The van der Waals surface area contributed by atoms with E-state index >= 15 is 0 Å². The highest BCUT2D eigenvalue weighted by atomic mass is 35.5. The Hall–Kier alpha value is -4.08. The lowest BCUT2D eigenvalue weighted by molar-refractivity contribution is 0.0735. The van der Waals surface area contributed by atoms with Gasteiger partial charge in [0.1, 0.15) is 12.1 Å². The Bertz CT molecular complexity index is 1220. The molecular weight excluding hydrogens is 412 g/mol. The van der Waals surface area contributed by atoms with Crippen molar-refractivity contribution in [2.75, 3.05) is 5.01 Å². The molecule has 152 valence electrons. The van der Waals surface area contributed by atoms with Crippen LogP contribution in [0.4, 0.5) is 5.69 Å². The van der Waals surface area contributed by atoms with E-state index in [4.69, 9.17) is 21.6 Å². The van der Waals surface area contributed by atoms with Crippen LogP contribution in [0.3, 0.4) is 0 Å². The van der Waals surface area contributed by atoms with Gasteiger partial charge in [0.15, 0.2) is 0 Å². The molecule has 4 rings (SSSR count). The molecular formula is C24H17ClN4O2. The first-order chi connectivity index (χ1) is 15.1. The van der Waals surface area contributed by atoms with Gasteiger partial charge in [-0.3, -0.25) is 5.01 Å². The Morgan fingerprint density at radius 1 is 1.10 bits per heavy atom.